The molecule has 0 saturated carbocycles. The van der Waals surface area contributed by atoms with Gasteiger partial charge in [-0.25, -0.2) is 4.57 Å². The molecule has 412 valence electrons. The Labute approximate surface area is 437 Å². The van der Waals surface area contributed by atoms with Gasteiger partial charge in [0.15, 0.2) is 6.10 Å². The van der Waals surface area contributed by atoms with Gasteiger partial charge in [0.1, 0.15) is 6.61 Å². The van der Waals surface area contributed by atoms with Gasteiger partial charge in [-0.15, -0.1) is 0 Å². The minimum atomic E-state index is -4.39. The van der Waals surface area contributed by atoms with E-state index in [4.69, 9.17) is 24.3 Å². The van der Waals surface area contributed by atoms with E-state index in [1.807, 2.05) is 0 Å². The second-order valence-electron chi connectivity index (χ2n) is 19.5. The summed E-state index contributed by atoms with van der Waals surface area (Å²) in [6.45, 7) is 3.64. The molecular weight excluding hydrogens is 906 g/mol. The first-order chi connectivity index (χ1) is 34.8. The monoisotopic (exact) mass is 1020 g/mol. The van der Waals surface area contributed by atoms with Gasteiger partial charge in [-0.1, -0.05) is 247 Å². The van der Waals surface area contributed by atoms with Crippen molar-refractivity contribution in [2.75, 3.05) is 26.4 Å². The summed E-state index contributed by atoms with van der Waals surface area (Å²) in [5.74, 6) is -0.827. The molecule has 0 amide bonds. The highest BCUT2D eigenvalue weighted by Crippen LogP contribution is 2.43. The lowest BCUT2D eigenvalue weighted by atomic mass is 10.0. The Hall–Kier alpha value is -2.55. The standard InChI is InChI=1S/C61H110NO8P/c1-3-5-7-9-11-13-15-17-19-21-23-25-27-28-29-30-32-33-35-37-39-41-43-45-47-49-51-53-60(63)67-57-59(58-69-71(65,66)68-56-55-62)70-61(64)54-52-50-48-46-44-42-40-38-36-34-31-26-24-22-20-18-16-14-12-10-8-6-4-2/h6,8,12,14-15,17-18,20-21,23-24,26,59H,3-5,7,9-11,13,16,19,22,25,27-58,62H2,1-2H3,(H,65,66)/b8-6-,14-12-,17-15-,20-18-,23-21-,26-24-. The topological polar surface area (TPSA) is 134 Å². The molecule has 0 rings (SSSR count). The SMILES string of the molecule is CC/C=C\C/C=C\C/C=C\C/C=C\CCCCCCCCCCCCC(=O)OC(COC(=O)CCCCCCCCCCCCCCCCC/C=C\C/C=C\CCCCCCC)COP(=O)(O)OCCN. The number of ether oxygens (including phenoxy) is 2. The second-order valence-corrected chi connectivity index (χ2v) is 20.9. The van der Waals surface area contributed by atoms with E-state index in [0.717, 1.165) is 77.0 Å². The van der Waals surface area contributed by atoms with Crippen LogP contribution in [0.15, 0.2) is 72.9 Å². The number of hydrogen-bond acceptors (Lipinski definition) is 8. The van der Waals surface area contributed by atoms with Gasteiger partial charge in [-0.3, -0.25) is 18.6 Å². The molecule has 0 heterocycles. The number of esters is 2. The number of unbranched alkanes of at least 4 members (excludes halogenated alkanes) is 30. The summed E-state index contributed by atoms with van der Waals surface area (Å²) >= 11 is 0. The first-order valence-corrected chi connectivity index (χ1v) is 30.9. The van der Waals surface area contributed by atoms with E-state index in [1.54, 1.807) is 0 Å². The van der Waals surface area contributed by atoms with Crippen molar-refractivity contribution in [3.8, 4) is 0 Å². The average Bonchev–Trinajstić information content (AvgIpc) is 3.36. The van der Waals surface area contributed by atoms with Gasteiger partial charge in [0.05, 0.1) is 13.2 Å². The Kier molecular flexibility index (Phi) is 54.7. The van der Waals surface area contributed by atoms with E-state index in [-0.39, 0.29) is 38.6 Å². The molecule has 0 fully saturated rings. The lowest BCUT2D eigenvalue weighted by Gasteiger charge is -2.19. The zero-order valence-electron chi connectivity index (χ0n) is 45.9. The van der Waals surface area contributed by atoms with Crippen LogP contribution in [0.1, 0.15) is 271 Å². The first-order valence-electron chi connectivity index (χ1n) is 29.4. The van der Waals surface area contributed by atoms with Crippen LogP contribution in [0.25, 0.3) is 0 Å². The summed E-state index contributed by atoms with van der Waals surface area (Å²) in [4.78, 5) is 35.2. The number of phosphoric acid groups is 1. The summed E-state index contributed by atoms with van der Waals surface area (Å²) in [7, 11) is -4.39. The van der Waals surface area contributed by atoms with Crippen molar-refractivity contribution >= 4 is 19.8 Å². The molecular formula is C61H110NO8P. The molecule has 0 radical (unpaired) electrons. The van der Waals surface area contributed by atoms with Crippen LogP contribution >= 0.6 is 7.82 Å². The van der Waals surface area contributed by atoms with Crippen LogP contribution in [0.4, 0.5) is 0 Å². The predicted molar refractivity (Wildman–Crippen MR) is 302 cm³/mol. The average molecular weight is 1020 g/mol. The van der Waals surface area contributed by atoms with E-state index in [2.05, 4.69) is 86.8 Å². The zero-order chi connectivity index (χ0) is 51.7. The fourth-order valence-electron chi connectivity index (χ4n) is 8.25. The maximum Gasteiger partial charge on any atom is 0.472 e. The van der Waals surface area contributed by atoms with Crippen LogP contribution in [0.5, 0.6) is 0 Å². The van der Waals surface area contributed by atoms with Crippen LogP contribution in [-0.2, 0) is 32.7 Å². The van der Waals surface area contributed by atoms with Crippen molar-refractivity contribution in [3.63, 3.8) is 0 Å². The van der Waals surface area contributed by atoms with E-state index in [0.29, 0.717) is 6.42 Å². The number of phosphoric ester groups is 1. The molecule has 3 N–H and O–H groups in total. The van der Waals surface area contributed by atoms with Gasteiger partial charge < -0.3 is 20.1 Å². The van der Waals surface area contributed by atoms with Gasteiger partial charge in [0.2, 0.25) is 0 Å². The number of carbonyl (C=O) groups excluding carboxylic acids is 2. The van der Waals surface area contributed by atoms with Crippen molar-refractivity contribution in [2.24, 2.45) is 5.73 Å². The van der Waals surface area contributed by atoms with Crippen LogP contribution in [-0.4, -0.2) is 49.3 Å². The molecule has 0 saturated heterocycles. The first kappa shape index (κ1) is 68.5. The second kappa shape index (κ2) is 56.7. The fourth-order valence-corrected chi connectivity index (χ4v) is 9.01. The summed E-state index contributed by atoms with van der Waals surface area (Å²) < 4.78 is 33.1. The van der Waals surface area contributed by atoms with Crippen molar-refractivity contribution in [2.45, 2.75) is 277 Å². The maximum absolute atomic E-state index is 12.7. The Balaban J connectivity index is 3.96. The maximum atomic E-state index is 12.7. The summed E-state index contributed by atoms with van der Waals surface area (Å²) in [5, 5.41) is 0. The number of carbonyl (C=O) groups is 2. The summed E-state index contributed by atoms with van der Waals surface area (Å²) in [6.07, 6.45) is 72.4. The van der Waals surface area contributed by atoms with E-state index in [1.165, 1.54) is 161 Å². The zero-order valence-corrected chi connectivity index (χ0v) is 46.8. The van der Waals surface area contributed by atoms with E-state index in [9.17, 15) is 19.0 Å². The van der Waals surface area contributed by atoms with Gasteiger partial charge in [0.25, 0.3) is 0 Å². The minimum absolute atomic E-state index is 0.0507. The Morgan fingerprint density at radius 2 is 0.775 bits per heavy atom. The lowest BCUT2D eigenvalue weighted by molar-refractivity contribution is -0.161. The molecule has 0 aromatic rings. The normalized spacial score (nSPS) is 13.6. The molecule has 0 aromatic carbocycles. The van der Waals surface area contributed by atoms with E-state index >= 15 is 0 Å². The molecule has 2 unspecified atom stereocenters. The highest BCUT2D eigenvalue weighted by Gasteiger charge is 2.26. The predicted octanol–water partition coefficient (Wildman–Crippen LogP) is 18.5. The van der Waals surface area contributed by atoms with Crippen molar-refractivity contribution in [1.29, 1.82) is 0 Å². The molecule has 9 nitrogen and oxygen atoms in total. The van der Waals surface area contributed by atoms with Crippen LogP contribution in [0.3, 0.4) is 0 Å². The number of allylic oxidation sites excluding steroid dienone is 12. The van der Waals surface area contributed by atoms with Gasteiger partial charge >= 0.3 is 19.8 Å². The summed E-state index contributed by atoms with van der Waals surface area (Å²) in [5.41, 5.74) is 5.38. The highest BCUT2D eigenvalue weighted by molar-refractivity contribution is 7.47. The Morgan fingerprint density at radius 3 is 1.15 bits per heavy atom. The van der Waals surface area contributed by atoms with Gasteiger partial charge in [0, 0.05) is 19.4 Å². The molecule has 0 aliphatic carbocycles. The molecule has 0 aromatic heterocycles. The van der Waals surface area contributed by atoms with Crippen molar-refractivity contribution in [3.05, 3.63) is 72.9 Å². The van der Waals surface area contributed by atoms with Gasteiger partial charge in [-0.05, 0) is 83.5 Å². The lowest BCUT2D eigenvalue weighted by Crippen LogP contribution is -2.29. The molecule has 0 bridgehead atoms. The number of nitrogens with two attached hydrogens (primary N) is 1. The molecule has 10 heteroatoms. The Morgan fingerprint density at radius 1 is 0.437 bits per heavy atom. The largest absolute Gasteiger partial charge is 0.472 e. The highest BCUT2D eigenvalue weighted by atomic mass is 31.2. The number of rotatable bonds is 55. The molecule has 2 atom stereocenters. The van der Waals surface area contributed by atoms with Crippen molar-refractivity contribution < 1.29 is 37.6 Å². The smallest absolute Gasteiger partial charge is 0.462 e. The van der Waals surface area contributed by atoms with Crippen molar-refractivity contribution in [1.82, 2.24) is 0 Å². The third-order valence-electron chi connectivity index (χ3n) is 12.6. The molecule has 0 aliphatic heterocycles. The quantitative estimate of drug-likeness (QED) is 0.0264. The summed E-state index contributed by atoms with van der Waals surface area (Å²) in [6, 6.07) is 0. The fraction of sp³-hybridized carbons (Fsp3) is 0.770. The molecule has 0 spiro atoms. The minimum Gasteiger partial charge on any atom is -0.462 e. The third kappa shape index (κ3) is 56.6. The van der Waals surface area contributed by atoms with E-state index < -0.39 is 26.5 Å². The number of hydrogen-bond donors (Lipinski definition) is 2. The Bertz CT molecular complexity index is 1390. The van der Waals surface area contributed by atoms with Gasteiger partial charge in [-0.2, -0.15) is 0 Å². The molecule has 0 aliphatic rings. The third-order valence-corrected chi connectivity index (χ3v) is 13.6. The van der Waals surface area contributed by atoms with Crippen LogP contribution < -0.4 is 5.73 Å². The van der Waals surface area contributed by atoms with Crippen LogP contribution in [0, 0.1) is 0 Å². The molecule has 71 heavy (non-hydrogen) atoms. The van der Waals surface area contributed by atoms with Crippen LogP contribution in [0.2, 0.25) is 0 Å².